The van der Waals surface area contributed by atoms with Gasteiger partial charge in [-0.15, -0.1) is 11.3 Å². The number of aliphatic imine (C=N–C) groups is 1. The van der Waals surface area contributed by atoms with Crippen molar-refractivity contribution in [3.63, 3.8) is 0 Å². The highest BCUT2D eigenvalue weighted by molar-refractivity contribution is 7.09. The molecule has 0 unspecified atom stereocenters. The quantitative estimate of drug-likeness (QED) is 0.449. The summed E-state index contributed by atoms with van der Waals surface area (Å²) >= 11 is 7.52. The molecule has 2 rings (SSSR count). The number of rotatable bonds is 7. The van der Waals surface area contributed by atoms with Crippen molar-refractivity contribution in [2.45, 2.75) is 32.6 Å². The van der Waals surface area contributed by atoms with E-state index in [4.69, 9.17) is 11.6 Å². The summed E-state index contributed by atoms with van der Waals surface area (Å²) in [5.74, 6) is 1.30. The third kappa shape index (κ3) is 6.09. The Morgan fingerprint density at radius 1 is 1.25 bits per heavy atom. The second kappa shape index (κ2) is 9.59. The molecule has 5 nitrogen and oxygen atoms in total. The molecule has 24 heavy (non-hydrogen) atoms. The van der Waals surface area contributed by atoms with Crippen LogP contribution in [0.15, 0.2) is 28.7 Å². The summed E-state index contributed by atoms with van der Waals surface area (Å²) in [4.78, 5) is 13.0. The van der Waals surface area contributed by atoms with Crippen LogP contribution in [0.4, 0.5) is 0 Å². The van der Waals surface area contributed by atoms with Crippen molar-refractivity contribution in [2.24, 2.45) is 4.99 Å². The summed E-state index contributed by atoms with van der Waals surface area (Å²) in [6.45, 7) is 5.94. The number of pyridine rings is 1. The zero-order valence-corrected chi connectivity index (χ0v) is 15.9. The van der Waals surface area contributed by atoms with Crippen molar-refractivity contribution in [1.29, 1.82) is 0 Å². The van der Waals surface area contributed by atoms with Crippen LogP contribution in [0.2, 0.25) is 5.15 Å². The minimum absolute atomic E-state index is 0.494. The number of hydrogen-bond donors (Lipinski definition) is 2. The minimum Gasteiger partial charge on any atom is -0.356 e. The molecule has 0 atom stereocenters. The predicted molar refractivity (Wildman–Crippen MR) is 102 cm³/mol. The van der Waals surface area contributed by atoms with E-state index in [2.05, 4.69) is 44.8 Å². The fraction of sp³-hybridized carbons (Fsp3) is 0.471. The fourth-order valence-electron chi connectivity index (χ4n) is 2.11. The maximum absolute atomic E-state index is 5.78. The molecule has 0 aliphatic carbocycles. The van der Waals surface area contributed by atoms with E-state index in [1.54, 1.807) is 24.6 Å². The topological polar surface area (TPSA) is 62.2 Å². The van der Waals surface area contributed by atoms with Crippen LogP contribution >= 0.6 is 22.9 Å². The van der Waals surface area contributed by atoms with Crippen molar-refractivity contribution in [2.75, 3.05) is 20.1 Å². The van der Waals surface area contributed by atoms with Crippen molar-refractivity contribution in [1.82, 2.24) is 20.6 Å². The summed E-state index contributed by atoms with van der Waals surface area (Å²) < 4.78 is 0. The van der Waals surface area contributed by atoms with Crippen molar-refractivity contribution in [3.8, 4) is 0 Å². The highest BCUT2D eigenvalue weighted by atomic mass is 35.5. The van der Waals surface area contributed by atoms with Crippen molar-refractivity contribution >= 4 is 28.9 Å². The van der Waals surface area contributed by atoms with E-state index in [0.29, 0.717) is 11.1 Å². The molecule has 2 N–H and O–H groups in total. The largest absolute Gasteiger partial charge is 0.356 e. The first kappa shape index (κ1) is 18.7. The van der Waals surface area contributed by atoms with Crippen LogP contribution in [0.5, 0.6) is 0 Å². The lowest BCUT2D eigenvalue weighted by Crippen LogP contribution is -2.39. The molecule has 0 amide bonds. The zero-order chi connectivity index (χ0) is 17.4. The summed E-state index contributed by atoms with van der Waals surface area (Å²) in [5.41, 5.74) is 2.28. The van der Waals surface area contributed by atoms with Gasteiger partial charge in [-0.05, 0) is 18.1 Å². The van der Waals surface area contributed by atoms with Gasteiger partial charge in [0.15, 0.2) is 5.96 Å². The lowest BCUT2D eigenvalue weighted by Gasteiger charge is -2.11. The molecule has 2 aromatic heterocycles. The predicted octanol–water partition coefficient (Wildman–Crippen LogP) is 3.27. The summed E-state index contributed by atoms with van der Waals surface area (Å²) in [7, 11) is 1.78. The molecule has 2 aromatic rings. The van der Waals surface area contributed by atoms with Crippen LogP contribution in [0, 0.1) is 0 Å². The average molecular weight is 366 g/mol. The molecular weight excluding hydrogens is 342 g/mol. The van der Waals surface area contributed by atoms with Gasteiger partial charge < -0.3 is 10.6 Å². The molecule has 0 radical (unpaired) electrons. The van der Waals surface area contributed by atoms with Crippen LogP contribution in [-0.4, -0.2) is 36.1 Å². The van der Waals surface area contributed by atoms with Gasteiger partial charge in [-0.25, -0.2) is 9.97 Å². The van der Waals surface area contributed by atoms with Crippen LogP contribution in [0.25, 0.3) is 0 Å². The Morgan fingerprint density at radius 3 is 2.58 bits per heavy atom. The summed E-state index contributed by atoms with van der Waals surface area (Å²) in [5, 5.41) is 10.5. The SMILES string of the molecule is CN=C(NCCc1ccc(Cl)nc1)NCCc1csc(C(C)C)n1. The highest BCUT2D eigenvalue weighted by Gasteiger charge is 2.06. The van der Waals surface area contributed by atoms with Crippen LogP contribution in [-0.2, 0) is 12.8 Å². The van der Waals surface area contributed by atoms with Gasteiger partial charge in [0.2, 0.25) is 0 Å². The van der Waals surface area contributed by atoms with Crippen molar-refractivity contribution < 1.29 is 0 Å². The molecule has 0 spiro atoms. The smallest absolute Gasteiger partial charge is 0.190 e. The van der Waals surface area contributed by atoms with Crippen LogP contribution in [0.3, 0.4) is 0 Å². The minimum atomic E-state index is 0.494. The van der Waals surface area contributed by atoms with Crippen LogP contribution in [0.1, 0.15) is 36.0 Å². The Hall–Kier alpha value is -1.66. The molecule has 0 aliphatic rings. The monoisotopic (exact) mass is 365 g/mol. The number of halogens is 1. The van der Waals surface area contributed by atoms with E-state index < -0.39 is 0 Å². The maximum Gasteiger partial charge on any atom is 0.190 e. The first-order valence-corrected chi connectivity index (χ1v) is 9.33. The van der Waals surface area contributed by atoms with Crippen molar-refractivity contribution in [3.05, 3.63) is 45.1 Å². The van der Waals surface area contributed by atoms with Crippen LogP contribution < -0.4 is 10.6 Å². The maximum atomic E-state index is 5.78. The Kier molecular flexibility index (Phi) is 7.46. The summed E-state index contributed by atoms with van der Waals surface area (Å²) in [6, 6.07) is 3.80. The number of thiazole rings is 1. The lowest BCUT2D eigenvalue weighted by atomic mass is 10.2. The molecule has 0 fully saturated rings. The number of nitrogens with zero attached hydrogens (tertiary/aromatic N) is 3. The molecule has 0 saturated carbocycles. The van der Waals surface area contributed by atoms with Gasteiger partial charge in [-0.1, -0.05) is 31.5 Å². The van der Waals surface area contributed by atoms with Gasteiger partial charge in [-0.2, -0.15) is 0 Å². The molecule has 0 bridgehead atoms. The van der Waals surface area contributed by atoms with Gasteiger partial charge in [0.05, 0.1) is 10.7 Å². The molecule has 2 heterocycles. The molecule has 0 aliphatic heterocycles. The second-order valence-corrected chi connectivity index (χ2v) is 7.02. The number of guanidine groups is 1. The second-order valence-electron chi connectivity index (χ2n) is 5.75. The molecule has 0 saturated heterocycles. The van der Waals surface area contributed by atoms with E-state index in [0.717, 1.165) is 43.1 Å². The zero-order valence-electron chi connectivity index (χ0n) is 14.3. The summed E-state index contributed by atoms with van der Waals surface area (Å²) in [6.07, 6.45) is 3.56. The third-order valence-electron chi connectivity index (χ3n) is 3.46. The van der Waals surface area contributed by atoms with Gasteiger partial charge in [0.1, 0.15) is 5.15 Å². The Balaban J connectivity index is 1.69. The number of hydrogen-bond acceptors (Lipinski definition) is 4. The van der Waals surface area contributed by atoms with Gasteiger partial charge in [-0.3, -0.25) is 4.99 Å². The van der Waals surface area contributed by atoms with E-state index in [1.807, 2.05) is 12.1 Å². The Morgan fingerprint density at radius 2 is 2.00 bits per heavy atom. The van der Waals surface area contributed by atoms with E-state index >= 15 is 0 Å². The molecule has 7 heteroatoms. The van der Waals surface area contributed by atoms with E-state index in [1.165, 1.54) is 5.01 Å². The number of nitrogens with one attached hydrogen (secondary N) is 2. The first-order chi connectivity index (χ1) is 11.6. The fourth-order valence-corrected chi connectivity index (χ4v) is 3.09. The van der Waals surface area contributed by atoms with E-state index in [-0.39, 0.29) is 0 Å². The molecular formula is C17H24ClN5S. The number of aromatic nitrogens is 2. The molecule has 130 valence electrons. The normalized spacial score (nSPS) is 11.8. The average Bonchev–Trinajstić information content (AvgIpc) is 3.04. The van der Waals surface area contributed by atoms with Gasteiger partial charge >= 0.3 is 0 Å². The first-order valence-electron chi connectivity index (χ1n) is 8.07. The Bertz CT molecular complexity index is 651. The lowest BCUT2D eigenvalue weighted by molar-refractivity contribution is 0.770. The third-order valence-corrected chi connectivity index (χ3v) is 4.87. The highest BCUT2D eigenvalue weighted by Crippen LogP contribution is 2.19. The van der Waals surface area contributed by atoms with Gasteiger partial charge in [0, 0.05) is 44.1 Å². The standard InChI is InChI=1S/C17H24ClN5S/c1-12(2)16-23-14(11-24-16)7-9-21-17(19-3)20-8-6-13-4-5-15(18)22-10-13/h4-5,10-12H,6-9H2,1-3H3,(H2,19,20,21). The van der Waals surface area contributed by atoms with Gasteiger partial charge in [0.25, 0.3) is 0 Å². The molecule has 0 aromatic carbocycles. The van der Waals surface area contributed by atoms with E-state index in [9.17, 15) is 0 Å². The Labute approximate surface area is 152 Å².